The molecule has 3 heteroatoms. The minimum atomic E-state index is -0.109. The van der Waals surface area contributed by atoms with Gasteiger partial charge in [-0.15, -0.1) is 10.7 Å². The molecule has 0 unspecified atom stereocenters. The SMILES string of the molecule is O=Nc1ccc([O-])cc1. The Labute approximate surface area is 51.9 Å². The van der Waals surface area contributed by atoms with Crippen LogP contribution < -0.4 is 5.11 Å². The molecule has 0 aliphatic rings. The lowest BCUT2D eigenvalue weighted by Crippen LogP contribution is -1.85. The van der Waals surface area contributed by atoms with Crippen LogP contribution in [-0.4, -0.2) is 0 Å². The lowest BCUT2D eigenvalue weighted by molar-refractivity contribution is -0.268. The van der Waals surface area contributed by atoms with Crippen LogP contribution >= 0.6 is 0 Å². The predicted molar refractivity (Wildman–Crippen MR) is 31.3 cm³/mol. The van der Waals surface area contributed by atoms with Gasteiger partial charge in [0.05, 0.1) is 0 Å². The molecular formula is C6H4NO2-. The predicted octanol–water partition coefficient (Wildman–Crippen LogP) is 1.16. The van der Waals surface area contributed by atoms with Crippen LogP contribution in [0.25, 0.3) is 0 Å². The third-order valence-corrected chi connectivity index (χ3v) is 0.942. The van der Waals surface area contributed by atoms with Gasteiger partial charge in [-0.3, -0.25) is 0 Å². The van der Waals surface area contributed by atoms with E-state index >= 15 is 0 Å². The van der Waals surface area contributed by atoms with Gasteiger partial charge in [0.2, 0.25) is 0 Å². The molecule has 1 rings (SSSR count). The molecule has 0 fully saturated rings. The second kappa shape index (κ2) is 2.26. The molecule has 0 aliphatic heterocycles. The first-order valence-corrected chi connectivity index (χ1v) is 2.43. The van der Waals surface area contributed by atoms with Crippen LogP contribution in [0.2, 0.25) is 0 Å². The normalized spacial score (nSPS) is 8.89. The smallest absolute Gasteiger partial charge is 0.107 e. The largest absolute Gasteiger partial charge is 0.872 e. The third kappa shape index (κ3) is 1.25. The van der Waals surface area contributed by atoms with Gasteiger partial charge in [0, 0.05) is 0 Å². The summed E-state index contributed by atoms with van der Waals surface area (Å²) < 4.78 is 0. The van der Waals surface area contributed by atoms with Crippen molar-refractivity contribution in [3.63, 3.8) is 0 Å². The van der Waals surface area contributed by atoms with Crippen LogP contribution in [-0.2, 0) is 0 Å². The van der Waals surface area contributed by atoms with Crippen LogP contribution in [0.4, 0.5) is 5.69 Å². The summed E-state index contributed by atoms with van der Waals surface area (Å²) in [6.45, 7) is 0. The van der Waals surface area contributed by atoms with E-state index in [-0.39, 0.29) is 11.4 Å². The highest BCUT2D eigenvalue weighted by Crippen LogP contribution is 2.13. The molecule has 0 amide bonds. The molecule has 0 bridgehead atoms. The van der Waals surface area contributed by atoms with Gasteiger partial charge >= 0.3 is 0 Å². The minimum Gasteiger partial charge on any atom is -0.872 e. The molecule has 9 heavy (non-hydrogen) atoms. The molecule has 46 valence electrons. The van der Waals surface area contributed by atoms with Crippen molar-refractivity contribution < 1.29 is 5.11 Å². The molecule has 0 atom stereocenters. The van der Waals surface area contributed by atoms with Crippen molar-refractivity contribution in [2.45, 2.75) is 0 Å². The summed E-state index contributed by atoms with van der Waals surface area (Å²) in [6.07, 6.45) is 0. The van der Waals surface area contributed by atoms with Gasteiger partial charge in [-0.2, -0.15) is 0 Å². The van der Waals surface area contributed by atoms with Gasteiger partial charge in [0.15, 0.2) is 0 Å². The van der Waals surface area contributed by atoms with E-state index in [1.807, 2.05) is 0 Å². The van der Waals surface area contributed by atoms with Crippen LogP contribution in [0.15, 0.2) is 29.4 Å². The monoisotopic (exact) mass is 122 g/mol. The Balaban J connectivity index is 3.01. The Bertz CT molecular complexity index is 205. The molecule has 1 aromatic rings. The fourth-order valence-electron chi connectivity index (χ4n) is 0.507. The third-order valence-electron chi connectivity index (χ3n) is 0.942. The van der Waals surface area contributed by atoms with Gasteiger partial charge in [-0.25, -0.2) is 0 Å². The fourth-order valence-corrected chi connectivity index (χ4v) is 0.507. The lowest BCUT2D eigenvalue weighted by Gasteiger charge is -2.00. The molecule has 1 aromatic carbocycles. The maximum atomic E-state index is 10.4. The van der Waals surface area contributed by atoms with Crippen molar-refractivity contribution in [1.82, 2.24) is 0 Å². The molecule has 0 aliphatic carbocycles. The Morgan fingerprint density at radius 2 is 1.78 bits per heavy atom. The number of hydrogen-bond donors (Lipinski definition) is 0. The zero-order valence-electron chi connectivity index (χ0n) is 4.57. The van der Waals surface area contributed by atoms with E-state index in [0.29, 0.717) is 0 Å². The van der Waals surface area contributed by atoms with E-state index in [1.54, 1.807) is 0 Å². The summed E-state index contributed by atoms with van der Waals surface area (Å²) in [6, 6.07) is 5.37. The van der Waals surface area contributed by atoms with Gasteiger partial charge in [0.25, 0.3) is 0 Å². The van der Waals surface area contributed by atoms with E-state index in [9.17, 15) is 10.0 Å². The lowest BCUT2D eigenvalue weighted by atomic mass is 10.3. The summed E-state index contributed by atoms with van der Waals surface area (Å²) in [4.78, 5) is 9.77. The zero-order valence-corrected chi connectivity index (χ0v) is 4.57. The number of nitrogens with zero attached hydrogens (tertiary/aromatic N) is 1. The summed E-state index contributed by atoms with van der Waals surface area (Å²) in [7, 11) is 0. The molecule has 0 spiro atoms. The first-order valence-electron chi connectivity index (χ1n) is 2.43. The summed E-state index contributed by atoms with van der Waals surface area (Å²) in [5.41, 5.74) is 0.287. The molecule has 0 heterocycles. The molecular weight excluding hydrogens is 118 g/mol. The standard InChI is InChI=1S/C6H5NO2/c8-6-3-1-5(7-9)2-4-6/h1-4,8H/p-1. The average molecular weight is 122 g/mol. The van der Waals surface area contributed by atoms with Gasteiger partial charge in [-0.05, 0) is 17.3 Å². The molecule has 3 nitrogen and oxygen atoms in total. The van der Waals surface area contributed by atoms with E-state index < -0.39 is 0 Å². The van der Waals surface area contributed by atoms with Crippen molar-refractivity contribution in [3.05, 3.63) is 29.2 Å². The molecule has 0 N–H and O–H groups in total. The summed E-state index contributed by atoms with van der Waals surface area (Å²) in [5, 5.41) is 13.0. The summed E-state index contributed by atoms with van der Waals surface area (Å²) in [5.74, 6) is -0.109. The first kappa shape index (κ1) is 5.75. The topological polar surface area (TPSA) is 52.5 Å². The van der Waals surface area contributed by atoms with Gasteiger partial charge in [0.1, 0.15) is 5.69 Å². The minimum absolute atomic E-state index is 0.109. The Morgan fingerprint density at radius 1 is 1.22 bits per heavy atom. The summed E-state index contributed by atoms with van der Waals surface area (Å²) >= 11 is 0. The fraction of sp³-hybridized carbons (Fsp3) is 0. The second-order valence-corrected chi connectivity index (χ2v) is 1.59. The first-order chi connectivity index (χ1) is 4.33. The quantitative estimate of drug-likeness (QED) is 0.525. The van der Waals surface area contributed by atoms with Gasteiger partial charge < -0.3 is 5.11 Å². The number of benzene rings is 1. The van der Waals surface area contributed by atoms with Gasteiger partial charge in [-0.1, -0.05) is 12.1 Å². The van der Waals surface area contributed by atoms with E-state index in [0.717, 1.165) is 0 Å². The Hall–Kier alpha value is -1.38. The molecule has 0 radical (unpaired) electrons. The van der Waals surface area contributed by atoms with Crippen molar-refractivity contribution in [3.8, 4) is 5.75 Å². The van der Waals surface area contributed by atoms with E-state index in [4.69, 9.17) is 0 Å². The van der Waals surface area contributed by atoms with Crippen molar-refractivity contribution in [1.29, 1.82) is 0 Å². The van der Waals surface area contributed by atoms with Crippen LogP contribution in [0.1, 0.15) is 0 Å². The molecule has 0 saturated carbocycles. The maximum absolute atomic E-state index is 10.4. The van der Waals surface area contributed by atoms with E-state index in [1.165, 1.54) is 24.3 Å². The Kier molecular flexibility index (Phi) is 1.44. The number of nitroso groups, excluding NO2 is 1. The Morgan fingerprint density at radius 3 is 2.22 bits per heavy atom. The van der Waals surface area contributed by atoms with Crippen molar-refractivity contribution >= 4 is 5.69 Å². The highest BCUT2D eigenvalue weighted by Gasteiger charge is 1.83. The maximum Gasteiger partial charge on any atom is 0.107 e. The molecule has 0 aromatic heterocycles. The zero-order chi connectivity index (χ0) is 6.69. The van der Waals surface area contributed by atoms with Crippen molar-refractivity contribution in [2.75, 3.05) is 0 Å². The van der Waals surface area contributed by atoms with Crippen LogP contribution in [0.3, 0.4) is 0 Å². The van der Waals surface area contributed by atoms with Crippen LogP contribution in [0, 0.1) is 4.91 Å². The van der Waals surface area contributed by atoms with Crippen molar-refractivity contribution in [2.24, 2.45) is 5.18 Å². The molecule has 0 saturated heterocycles. The van der Waals surface area contributed by atoms with Crippen LogP contribution in [0.5, 0.6) is 5.75 Å². The number of hydrogen-bond acceptors (Lipinski definition) is 3. The average Bonchev–Trinajstić information content (AvgIpc) is 1.90. The highest BCUT2D eigenvalue weighted by atomic mass is 16.3. The van der Waals surface area contributed by atoms with E-state index in [2.05, 4.69) is 5.18 Å². The number of rotatable bonds is 1. The highest BCUT2D eigenvalue weighted by molar-refractivity contribution is 5.39. The second-order valence-electron chi connectivity index (χ2n) is 1.59.